The predicted octanol–water partition coefficient (Wildman–Crippen LogP) is 5.33. The van der Waals surface area contributed by atoms with Crippen molar-refractivity contribution >= 4 is 46.7 Å². The molecule has 2 aromatic carbocycles. The number of rotatable bonds is 6. The summed E-state index contributed by atoms with van der Waals surface area (Å²) in [5.74, 6) is 0.660. The van der Waals surface area contributed by atoms with Crippen molar-refractivity contribution in [2.45, 2.75) is 24.4 Å². The quantitative estimate of drug-likeness (QED) is 0.494. The zero-order valence-electron chi connectivity index (χ0n) is 17.7. The molecule has 0 bridgehead atoms. The molecule has 1 atom stereocenters. The smallest absolute Gasteiger partial charge is 0.337 e. The second-order valence-electron chi connectivity index (χ2n) is 7.38. The molecule has 0 fully saturated rings. The third kappa shape index (κ3) is 4.74. The second kappa shape index (κ2) is 9.63. The van der Waals surface area contributed by atoms with Crippen LogP contribution in [0.15, 0.2) is 65.7 Å². The van der Waals surface area contributed by atoms with Crippen LogP contribution in [0.4, 0.5) is 11.5 Å². The number of amides is 1. The first-order valence-corrected chi connectivity index (χ1v) is 11.4. The molecule has 1 aliphatic rings. The summed E-state index contributed by atoms with van der Waals surface area (Å²) in [6, 6.07) is 16.6. The number of pyridine rings is 1. The van der Waals surface area contributed by atoms with Crippen molar-refractivity contribution in [3.8, 4) is 0 Å². The lowest BCUT2D eigenvalue weighted by molar-refractivity contribution is -0.116. The molecule has 8 heteroatoms. The van der Waals surface area contributed by atoms with Gasteiger partial charge in [-0.2, -0.15) is 0 Å². The van der Waals surface area contributed by atoms with Crippen molar-refractivity contribution in [1.82, 2.24) is 4.98 Å². The maximum atomic E-state index is 12.9. The normalized spacial score (nSPS) is 14.0. The highest BCUT2D eigenvalue weighted by Gasteiger charge is 2.29. The Bertz CT molecular complexity index is 1150. The van der Waals surface area contributed by atoms with Crippen LogP contribution < -0.4 is 10.2 Å². The Hall–Kier alpha value is -3.03. The largest absolute Gasteiger partial charge is 0.465 e. The van der Waals surface area contributed by atoms with E-state index in [0.717, 1.165) is 21.7 Å². The van der Waals surface area contributed by atoms with Gasteiger partial charge >= 0.3 is 5.97 Å². The molecule has 2 heterocycles. The Morgan fingerprint density at radius 3 is 2.75 bits per heavy atom. The first-order chi connectivity index (χ1) is 15.5. The fourth-order valence-electron chi connectivity index (χ4n) is 3.56. The summed E-state index contributed by atoms with van der Waals surface area (Å²) >= 11 is 7.66. The SMILES string of the molecule is COC(=O)c1ccc(C(C)Nc2nccc3c2N(Cc2cccc(Cl)c2)C(=O)CS3)cc1. The van der Waals surface area contributed by atoms with Gasteiger partial charge in [-0.25, -0.2) is 9.78 Å². The van der Waals surface area contributed by atoms with Gasteiger partial charge in [0.15, 0.2) is 5.82 Å². The molecule has 32 heavy (non-hydrogen) atoms. The first kappa shape index (κ1) is 22.2. The van der Waals surface area contributed by atoms with E-state index in [-0.39, 0.29) is 17.9 Å². The molecule has 0 saturated carbocycles. The Morgan fingerprint density at radius 1 is 1.25 bits per heavy atom. The minimum Gasteiger partial charge on any atom is -0.465 e. The van der Waals surface area contributed by atoms with E-state index < -0.39 is 0 Å². The summed E-state index contributed by atoms with van der Waals surface area (Å²) in [6.07, 6.45) is 1.74. The number of carbonyl (C=O) groups is 2. The number of nitrogens with one attached hydrogen (secondary N) is 1. The van der Waals surface area contributed by atoms with Gasteiger partial charge in [-0.3, -0.25) is 4.79 Å². The van der Waals surface area contributed by atoms with Gasteiger partial charge in [0.25, 0.3) is 0 Å². The molecule has 1 aromatic heterocycles. The Labute approximate surface area is 195 Å². The number of anilines is 2. The first-order valence-electron chi connectivity index (χ1n) is 10.1. The van der Waals surface area contributed by atoms with E-state index in [1.54, 1.807) is 23.2 Å². The average molecular weight is 468 g/mol. The maximum absolute atomic E-state index is 12.9. The fraction of sp³-hybridized carbons (Fsp3) is 0.208. The highest BCUT2D eigenvalue weighted by Crippen LogP contribution is 2.41. The van der Waals surface area contributed by atoms with Gasteiger partial charge in [0.05, 0.1) is 31.0 Å². The van der Waals surface area contributed by atoms with Crippen molar-refractivity contribution in [3.63, 3.8) is 0 Å². The van der Waals surface area contributed by atoms with Gasteiger partial charge < -0.3 is 15.0 Å². The van der Waals surface area contributed by atoms with Crippen LogP contribution in [0.1, 0.15) is 34.5 Å². The lowest BCUT2D eigenvalue weighted by atomic mass is 10.1. The summed E-state index contributed by atoms with van der Waals surface area (Å²) in [5, 5.41) is 4.07. The minimum absolute atomic E-state index is 0.0219. The Kier molecular flexibility index (Phi) is 6.67. The molecule has 0 saturated heterocycles. The molecule has 0 aliphatic carbocycles. The third-order valence-electron chi connectivity index (χ3n) is 5.22. The molecule has 0 spiro atoms. The van der Waals surface area contributed by atoms with Crippen molar-refractivity contribution in [2.75, 3.05) is 23.1 Å². The molecule has 0 radical (unpaired) electrons. The number of carbonyl (C=O) groups excluding carboxylic acids is 2. The minimum atomic E-state index is -0.372. The third-order valence-corrected chi connectivity index (χ3v) is 6.49. The summed E-state index contributed by atoms with van der Waals surface area (Å²) < 4.78 is 4.76. The Balaban J connectivity index is 1.62. The van der Waals surface area contributed by atoms with E-state index in [1.165, 1.54) is 18.9 Å². The van der Waals surface area contributed by atoms with E-state index >= 15 is 0 Å². The number of benzene rings is 2. The molecular weight excluding hydrogens is 446 g/mol. The molecule has 4 rings (SSSR count). The van der Waals surface area contributed by atoms with Crippen molar-refractivity contribution in [2.24, 2.45) is 0 Å². The topological polar surface area (TPSA) is 71.5 Å². The van der Waals surface area contributed by atoms with Crippen molar-refractivity contribution < 1.29 is 14.3 Å². The summed E-state index contributed by atoms with van der Waals surface area (Å²) in [6.45, 7) is 2.42. The number of methoxy groups -OCH3 is 1. The number of thioether (sulfide) groups is 1. The number of fused-ring (bicyclic) bond motifs is 1. The lowest BCUT2D eigenvalue weighted by Crippen LogP contribution is -2.35. The second-order valence-corrected chi connectivity index (χ2v) is 8.84. The lowest BCUT2D eigenvalue weighted by Gasteiger charge is -2.31. The van der Waals surface area contributed by atoms with Crippen LogP contribution in [0.3, 0.4) is 0 Å². The molecule has 3 aromatic rings. The summed E-state index contributed by atoms with van der Waals surface area (Å²) in [5.41, 5.74) is 3.19. The standard InChI is InChI=1S/C24H22ClN3O3S/c1-15(17-6-8-18(9-7-17)24(30)31-2)27-23-22-20(10-11-26-23)32-14-21(29)28(22)13-16-4-3-5-19(25)12-16/h3-12,15H,13-14H2,1-2H3,(H,26,27). The van der Waals surface area contributed by atoms with Crippen molar-refractivity contribution in [3.05, 3.63) is 82.5 Å². The van der Waals surface area contributed by atoms with Crippen LogP contribution >= 0.6 is 23.4 Å². The number of aromatic nitrogens is 1. The zero-order chi connectivity index (χ0) is 22.7. The zero-order valence-corrected chi connectivity index (χ0v) is 19.2. The number of hydrogen-bond acceptors (Lipinski definition) is 6. The van der Waals surface area contributed by atoms with Crippen LogP contribution in [-0.2, 0) is 16.1 Å². The van der Waals surface area contributed by atoms with Crippen LogP contribution in [0.2, 0.25) is 5.02 Å². The molecule has 1 aliphatic heterocycles. The van der Waals surface area contributed by atoms with E-state index in [9.17, 15) is 9.59 Å². The van der Waals surface area contributed by atoms with E-state index in [4.69, 9.17) is 16.3 Å². The van der Waals surface area contributed by atoms with Crippen LogP contribution in [-0.4, -0.2) is 29.7 Å². The number of halogens is 1. The average Bonchev–Trinajstić information content (AvgIpc) is 2.80. The van der Waals surface area contributed by atoms with Gasteiger partial charge in [0.2, 0.25) is 5.91 Å². The number of esters is 1. The van der Waals surface area contributed by atoms with Gasteiger partial charge in [0.1, 0.15) is 5.69 Å². The van der Waals surface area contributed by atoms with Gasteiger partial charge in [-0.15, -0.1) is 11.8 Å². The number of ether oxygens (including phenoxy) is 1. The van der Waals surface area contributed by atoms with Gasteiger partial charge in [0, 0.05) is 16.1 Å². The molecule has 6 nitrogen and oxygen atoms in total. The molecule has 1 unspecified atom stereocenters. The molecule has 1 N–H and O–H groups in total. The van der Waals surface area contributed by atoms with Crippen molar-refractivity contribution in [1.29, 1.82) is 0 Å². The van der Waals surface area contributed by atoms with Crippen LogP contribution in [0.5, 0.6) is 0 Å². The van der Waals surface area contributed by atoms with Crippen LogP contribution in [0.25, 0.3) is 0 Å². The highest BCUT2D eigenvalue weighted by molar-refractivity contribution is 8.00. The molecule has 164 valence electrons. The van der Waals surface area contributed by atoms with Gasteiger partial charge in [-0.05, 0) is 48.4 Å². The number of nitrogens with zero attached hydrogens (tertiary/aromatic N) is 2. The summed E-state index contributed by atoms with van der Waals surface area (Å²) in [4.78, 5) is 31.8. The molecule has 1 amide bonds. The monoisotopic (exact) mass is 467 g/mol. The molecular formula is C24H22ClN3O3S. The predicted molar refractivity (Wildman–Crippen MR) is 127 cm³/mol. The number of hydrogen-bond donors (Lipinski definition) is 1. The van der Waals surface area contributed by atoms with Crippen LogP contribution in [0, 0.1) is 0 Å². The maximum Gasteiger partial charge on any atom is 0.337 e. The van der Waals surface area contributed by atoms with E-state index in [0.29, 0.717) is 28.7 Å². The summed E-state index contributed by atoms with van der Waals surface area (Å²) in [7, 11) is 1.36. The Morgan fingerprint density at radius 2 is 2.03 bits per heavy atom. The fourth-order valence-corrected chi connectivity index (χ4v) is 4.71. The van der Waals surface area contributed by atoms with Gasteiger partial charge in [-0.1, -0.05) is 35.9 Å². The highest BCUT2D eigenvalue weighted by atomic mass is 35.5. The van der Waals surface area contributed by atoms with E-state index in [1.807, 2.05) is 49.4 Å². The van der Waals surface area contributed by atoms with E-state index in [2.05, 4.69) is 10.3 Å².